The van der Waals surface area contributed by atoms with Crippen LogP contribution in [0.3, 0.4) is 0 Å². The second-order valence-corrected chi connectivity index (χ2v) is 8.31. The van der Waals surface area contributed by atoms with Gasteiger partial charge in [-0.05, 0) is 26.3 Å². The van der Waals surface area contributed by atoms with Crippen LogP contribution in [-0.2, 0) is 11.3 Å². The summed E-state index contributed by atoms with van der Waals surface area (Å²) in [5.74, 6) is -0.135. The molecule has 2 aromatic heterocycles. The molecule has 3 N–H and O–H groups in total. The Labute approximate surface area is 162 Å². The second kappa shape index (κ2) is 7.62. The molecule has 3 rings (SSSR count). The van der Waals surface area contributed by atoms with Gasteiger partial charge in [0.2, 0.25) is 5.91 Å². The summed E-state index contributed by atoms with van der Waals surface area (Å²) in [6.45, 7) is 6.39. The van der Waals surface area contributed by atoms with Gasteiger partial charge in [-0.3, -0.25) is 14.2 Å². The Morgan fingerprint density at radius 3 is 2.67 bits per heavy atom. The van der Waals surface area contributed by atoms with Gasteiger partial charge < -0.3 is 11.1 Å². The van der Waals surface area contributed by atoms with Gasteiger partial charge in [-0.1, -0.05) is 29.8 Å². The van der Waals surface area contributed by atoms with Crippen LogP contribution in [0.4, 0.5) is 0 Å². The molecule has 27 heavy (non-hydrogen) atoms. The average Bonchev–Trinajstić information content (AvgIpc) is 3.04. The van der Waals surface area contributed by atoms with Crippen molar-refractivity contribution in [2.24, 2.45) is 5.73 Å². The average molecular weight is 385 g/mol. The molecule has 0 atom stereocenters. The lowest BCUT2D eigenvalue weighted by Gasteiger charge is -2.18. The molecule has 0 spiro atoms. The molecular weight excluding hydrogens is 360 g/mol. The Kier molecular flexibility index (Phi) is 5.43. The molecule has 6 nitrogen and oxygen atoms in total. The number of rotatable bonds is 6. The molecule has 0 bridgehead atoms. The number of carbonyl (C=O) groups excluding carboxylic acids is 1. The van der Waals surface area contributed by atoms with Crippen LogP contribution in [0.25, 0.3) is 21.3 Å². The van der Waals surface area contributed by atoms with Gasteiger partial charge in [-0.25, -0.2) is 4.98 Å². The Morgan fingerprint density at radius 2 is 2.00 bits per heavy atom. The van der Waals surface area contributed by atoms with Crippen LogP contribution in [0.1, 0.15) is 25.8 Å². The molecule has 0 aliphatic carbocycles. The molecule has 0 saturated heterocycles. The van der Waals surface area contributed by atoms with E-state index >= 15 is 0 Å². The largest absolute Gasteiger partial charge is 0.354 e. The summed E-state index contributed by atoms with van der Waals surface area (Å²) >= 11 is 1.45. The third-order valence-corrected chi connectivity index (χ3v) is 5.13. The van der Waals surface area contributed by atoms with Crippen molar-refractivity contribution in [2.75, 3.05) is 6.54 Å². The predicted molar refractivity (Wildman–Crippen MR) is 110 cm³/mol. The highest BCUT2D eigenvalue weighted by atomic mass is 32.1. The van der Waals surface area contributed by atoms with E-state index in [1.807, 2.05) is 50.4 Å². The van der Waals surface area contributed by atoms with E-state index in [-0.39, 0.29) is 24.4 Å². The number of aryl methyl sites for hydroxylation is 2. The first-order valence-corrected chi connectivity index (χ1v) is 9.72. The maximum Gasteiger partial charge on any atom is 0.262 e. The molecule has 2 heterocycles. The highest BCUT2D eigenvalue weighted by Gasteiger charge is 2.15. The summed E-state index contributed by atoms with van der Waals surface area (Å²) in [7, 11) is 0. The van der Waals surface area contributed by atoms with Crippen LogP contribution >= 0.6 is 11.3 Å². The zero-order valence-corrected chi connectivity index (χ0v) is 16.6. The van der Waals surface area contributed by atoms with Gasteiger partial charge in [0.25, 0.3) is 5.56 Å². The van der Waals surface area contributed by atoms with Gasteiger partial charge >= 0.3 is 0 Å². The summed E-state index contributed by atoms with van der Waals surface area (Å²) in [6.07, 6.45) is 1.72. The standard InChI is InChI=1S/C20H24N4O2S/c1-13-4-6-14(7-5-13)15-10-27-18-17(15)19(26)24(12-23-18)9-8-16(25)22-11-20(2,3)21/h4-7,10,12H,8-9,11,21H2,1-3H3,(H,22,25). The summed E-state index contributed by atoms with van der Waals surface area (Å²) in [6, 6.07) is 8.07. The molecule has 0 saturated carbocycles. The van der Waals surface area contributed by atoms with Gasteiger partial charge in [0.1, 0.15) is 4.83 Å². The summed E-state index contributed by atoms with van der Waals surface area (Å²) < 4.78 is 1.50. The molecule has 142 valence electrons. The molecular formula is C20H24N4O2S. The monoisotopic (exact) mass is 384 g/mol. The van der Waals surface area contributed by atoms with Crippen molar-refractivity contribution in [3.8, 4) is 11.1 Å². The van der Waals surface area contributed by atoms with Crippen molar-refractivity contribution in [1.29, 1.82) is 0 Å². The number of hydrogen-bond acceptors (Lipinski definition) is 5. The number of benzene rings is 1. The lowest BCUT2D eigenvalue weighted by molar-refractivity contribution is -0.121. The van der Waals surface area contributed by atoms with Crippen LogP contribution in [-0.4, -0.2) is 27.5 Å². The fraction of sp³-hybridized carbons (Fsp3) is 0.350. The van der Waals surface area contributed by atoms with Gasteiger partial charge in [0, 0.05) is 36.0 Å². The summed E-state index contributed by atoms with van der Waals surface area (Å²) in [5, 5.41) is 5.36. The maximum absolute atomic E-state index is 13.0. The molecule has 0 aliphatic rings. The number of nitrogens with two attached hydrogens (primary N) is 1. The first-order valence-electron chi connectivity index (χ1n) is 8.84. The number of amides is 1. The van der Waals surface area contributed by atoms with Crippen molar-refractivity contribution in [3.63, 3.8) is 0 Å². The van der Waals surface area contributed by atoms with E-state index < -0.39 is 5.54 Å². The highest BCUT2D eigenvalue weighted by Crippen LogP contribution is 2.30. The van der Waals surface area contributed by atoms with E-state index in [9.17, 15) is 9.59 Å². The quantitative estimate of drug-likeness (QED) is 0.684. The van der Waals surface area contributed by atoms with Crippen LogP contribution < -0.4 is 16.6 Å². The number of nitrogens with zero attached hydrogens (tertiary/aromatic N) is 2. The van der Waals surface area contributed by atoms with Gasteiger partial charge in [0.15, 0.2) is 0 Å². The van der Waals surface area contributed by atoms with Gasteiger partial charge in [-0.15, -0.1) is 11.3 Å². The molecule has 3 aromatic rings. The van der Waals surface area contributed by atoms with Gasteiger partial charge in [0.05, 0.1) is 11.7 Å². The lowest BCUT2D eigenvalue weighted by atomic mass is 10.1. The first kappa shape index (κ1) is 19.3. The summed E-state index contributed by atoms with van der Waals surface area (Å²) in [4.78, 5) is 30.1. The van der Waals surface area contributed by atoms with Crippen LogP contribution in [0.15, 0.2) is 40.8 Å². The minimum absolute atomic E-state index is 0.122. The van der Waals surface area contributed by atoms with Crippen molar-refractivity contribution in [2.45, 2.75) is 39.3 Å². The zero-order valence-electron chi connectivity index (χ0n) is 15.8. The third kappa shape index (κ3) is 4.61. The molecule has 0 radical (unpaired) electrons. The molecule has 0 unspecified atom stereocenters. The van der Waals surface area contributed by atoms with E-state index in [0.29, 0.717) is 16.8 Å². The fourth-order valence-corrected chi connectivity index (χ4v) is 3.62. The zero-order chi connectivity index (χ0) is 19.6. The first-order chi connectivity index (χ1) is 12.7. The minimum Gasteiger partial charge on any atom is -0.354 e. The Morgan fingerprint density at radius 1 is 1.30 bits per heavy atom. The number of thiophene rings is 1. The third-order valence-electron chi connectivity index (χ3n) is 4.24. The van der Waals surface area contributed by atoms with E-state index in [0.717, 1.165) is 11.1 Å². The van der Waals surface area contributed by atoms with E-state index in [2.05, 4.69) is 10.3 Å². The van der Waals surface area contributed by atoms with E-state index in [1.54, 1.807) is 0 Å². The number of carbonyl (C=O) groups is 1. The van der Waals surface area contributed by atoms with Crippen molar-refractivity contribution < 1.29 is 4.79 Å². The molecule has 1 aromatic carbocycles. The van der Waals surface area contributed by atoms with Crippen LogP contribution in [0, 0.1) is 6.92 Å². The minimum atomic E-state index is -0.466. The Hall–Kier alpha value is -2.51. The second-order valence-electron chi connectivity index (χ2n) is 7.45. The molecule has 1 amide bonds. The van der Waals surface area contributed by atoms with Crippen molar-refractivity contribution >= 4 is 27.5 Å². The maximum atomic E-state index is 13.0. The van der Waals surface area contributed by atoms with Crippen LogP contribution in [0.5, 0.6) is 0 Å². The molecule has 0 fully saturated rings. The number of nitrogens with one attached hydrogen (secondary N) is 1. The van der Waals surface area contributed by atoms with Crippen molar-refractivity contribution in [1.82, 2.24) is 14.9 Å². The highest BCUT2D eigenvalue weighted by molar-refractivity contribution is 7.17. The SMILES string of the molecule is Cc1ccc(-c2csc3ncn(CCC(=O)NCC(C)(C)N)c(=O)c23)cc1. The normalized spacial score (nSPS) is 11.7. The summed E-state index contributed by atoms with van der Waals surface area (Å²) in [5.41, 5.74) is 8.33. The number of hydrogen-bond donors (Lipinski definition) is 2. The van der Waals surface area contributed by atoms with E-state index in [4.69, 9.17) is 5.73 Å². The topological polar surface area (TPSA) is 90.0 Å². The lowest BCUT2D eigenvalue weighted by Crippen LogP contribution is -2.45. The van der Waals surface area contributed by atoms with E-state index in [1.165, 1.54) is 27.8 Å². The Balaban J connectivity index is 1.83. The van der Waals surface area contributed by atoms with Crippen molar-refractivity contribution in [3.05, 3.63) is 51.9 Å². The fourth-order valence-electron chi connectivity index (χ4n) is 2.71. The molecule has 0 aliphatic heterocycles. The number of aromatic nitrogens is 2. The molecule has 7 heteroatoms. The number of fused-ring (bicyclic) bond motifs is 1. The smallest absolute Gasteiger partial charge is 0.262 e. The van der Waals surface area contributed by atoms with Gasteiger partial charge in [-0.2, -0.15) is 0 Å². The predicted octanol–water partition coefficient (Wildman–Crippen LogP) is 2.68. The Bertz CT molecular complexity index is 1010. The van der Waals surface area contributed by atoms with Crippen LogP contribution in [0.2, 0.25) is 0 Å².